The summed E-state index contributed by atoms with van der Waals surface area (Å²) in [4.78, 5) is 17.2. The Labute approximate surface area is 185 Å². The summed E-state index contributed by atoms with van der Waals surface area (Å²) in [6.07, 6.45) is 1.39. The highest BCUT2D eigenvalue weighted by Crippen LogP contribution is 2.36. The van der Waals surface area contributed by atoms with Crippen molar-refractivity contribution in [3.8, 4) is 0 Å². The van der Waals surface area contributed by atoms with Gasteiger partial charge in [0.15, 0.2) is 15.0 Å². The van der Waals surface area contributed by atoms with Crippen LogP contribution in [0.4, 0.5) is 13.9 Å². The fourth-order valence-electron chi connectivity index (χ4n) is 3.52. The van der Waals surface area contributed by atoms with Crippen molar-refractivity contribution in [2.75, 3.05) is 5.32 Å². The molecule has 1 aromatic heterocycles. The molecule has 2 aliphatic carbocycles. The Bertz CT molecular complexity index is 1070. The van der Waals surface area contributed by atoms with Crippen LogP contribution in [0.25, 0.3) is 5.57 Å². The minimum absolute atomic E-state index is 0.00882. The second-order valence-electron chi connectivity index (χ2n) is 7.54. The summed E-state index contributed by atoms with van der Waals surface area (Å²) in [5.74, 6) is -0.888. The number of sulfone groups is 1. The molecule has 2 aliphatic rings. The van der Waals surface area contributed by atoms with Gasteiger partial charge >= 0.3 is 0 Å². The first kappa shape index (κ1) is 21.6. The van der Waals surface area contributed by atoms with E-state index in [2.05, 4.69) is 26.2 Å². The molecule has 4 rings (SSSR count). The molecule has 2 aromatic rings. The Hall–Kier alpha value is -1.65. The van der Waals surface area contributed by atoms with E-state index in [0.29, 0.717) is 23.5 Å². The molecule has 30 heavy (non-hydrogen) atoms. The fraction of sp³-hybridized carbons (Fsp3) is 0.400. The maximum atomic E-state index is 13.7. The van der Waals surface area contributed by atoms with Gasteiger partial charge in [0.05, 0.1) is 20.1 Å². The molecule has 1 unspecified atom stereocenters. The number of nitrogens with zero attached hydrogens (tertiary/aromatic N) is 1. The molecular formula is C20H19BrF2N2O3S2. The third-order valence-electron chi connectivity index (χ3n) is 5.25. The molecule has 1 N–H and O–H groups in total. The number of thiazole rings is 1. The summed E-state index contributed by atoms with van der Waals surface area (Å²) in [5.41, 5.74) is 0.721. The van der Waals surface area contributed by atoms with Gasteiger partial charge in [-0.15, -0.1) is 0 Å². The predicted octanol–water partition coefficient (Wildman–Crippen LogP) is 4.95. The van der Waals surface area contributed by atoms with Gasteiger partial charge in [-0.05, 0) is 65.2 Å². The van der Waals surface area contributed by atoms with Crippen molar-refractivity contribution in [1.82, 2.24) is 4.98 Å². The number of hydrogen-bond acceptors (Lipinski definition) is 5. The highest BCUT2D eigenvalue weighted by atomic mass is 79.9. The summed E-state index contributed by atoms with van der Waals surface area (Å²) in [6, 6.07) is 6.09. The second-order valence-corrected chi connectivity index (χ2v) is 12.2. The molecule has 2 saturated carbocycles. The Balaban J connectivity index is 1.63. The van der Waals surface area contributed by atoms with E-state index in [1.54, 1.807) is 24.4 Å². The largest absolute Gasteiger partial charge is 0.298 e. The van der Waals surface area contributed by atoms with Crippen molar-refractivity contribution in [2.24, 2.45) is 5.92 Å². The van der Waals surface area contributed by atoms with Crippen LogP contribution >= 0.6 is 27.3 Å². The molecule has 0 spiro atoms. The van der Waals surface area contributed by atoms with Crippen molar-refractivity contribution in [2.45, 2.75) is 48.2 Å². The van der Waals surface area contributed by atoms with Crippen molar-refractivity contribution in [3.63, 3.8) is 0 Å². The van der Waals surface area contributed by atoms with Gasteiger partial charge in [-0.3, -0.25) is 10.1 Å². The van der Waals surface area contributed by atoms with Crippen LogP contribution in [-0.2, 0) is 14.6 Å². The van der Waals surface area contributed by atoms with Gasteiger partial charge in [0, 0.05) is 5.57 Å². The standard InChI is InChI=1S/C20H19BrF2N2O3S2/c21-18-10-24-20(29-18)25-19(26)15(7-11-8-16(22)17(23)9-11)12-1-3-13(4-2-12)30(27,28)14-5-6-14/h1-4,7,10-11,14,16-17H,5-6,8-9H2,(H,24,25,26)/b15-7+/t11?,16-,17+. The van der Waals surface area contributed by atoms with Crippen LogP contribution in [0, 0.1) is 5.92 Å². The van der Waals surface area contributed by atoms with E-state index in [1.807, 2.05) is 0 Å². The van der Waals surface area contributed by atoms with E-state index < -0.39 is 34.0 Å². The van der Waals surface area contributed by atoms with Crippen LogP contribution in [0.2, 0.25) is 0 Å². The lowest BCUT2D eigenvalue weighted by Crippen LogP contribution is -2.15. The quantitative estimate of drug-likeness (QED) is 0.551. The van der Waals surface area contributed by atoms with E-state index in [9.17, 15) is 22.0 Å². The van der Waals surface area contributed by atoms with Crippen molar-refractivity contribution in [3.05, 3.63) is 45.9 Å². The first-order valence-electron chi connectivity index (χ1n) is 9.51. The topological polar surface area (TPSA) is 76.1 Å². The lowest BCUT2D eigenvalue weighted by Gasteiger charge is -2.12. The van der Waals surface area contributed by atoms with Gasteiger partial charge in [0.1, 0.15) is 12.3 Å². The summed E-state index contributed by atoms with van der Waals surface area (Å²) >= 11 is 4.52. The van der Waals surface area contributed by atoms with Gasteiger partial charge in [0.2, 0.25) is 0 Å². The molecule has 160 valence electrons. The van der Waals surface area contributed by atoms with Crippen LogP contribution < -0.4 is 5.32 Å². The number of benzene rings is 1. The van der Waals surface area contributed by atoms with E-state index in [0.717, 1.165) is 3.79 Å². The number of hydrogen-bond donors (Lipinski definition) is 1. The van der Waals surface area contributed by atoms with Gasteiger partial charge < -0.3 is 0 Å². The molecule has 3 atom stereocenters. The number of allylic oxidation sites excluding steroid dienone is 1. The number of carbonyl (C=O) groups is 1. The Morgan fingerprint density at radius 2 is 1.80 bits per heavy atom. The minimum atomic E-state index is -3.34. The van der Waals surface area contributed by atoms with Crippen molar-refractivity contribution in [1.29, 1.82) is 0 Å². The average molecular weight is 517 g/mol. The van der Waals surface area contributed by atoms with E-state index in [-0.39, 0.29) is 28.6 Å². The zero-order chi connectivity index (χ0) is 21.5. The number of rotatable bonds is 6. The molecule has 1 amide bonds. The van der Waals surface area contributed by atoms with Crippen molar-refractivity contribution >= 4 is 53.7 Å². The second kappa shape index (κ2) is 8.47. The molecule has 1 aromatic carbocycles. The zero-order valence-electron chi connectivity index (χ0n) is 15.7. The Morgan fingerprint density at radius 1 is 1.17 bits per heavy atom. The van der Waals surface area contributed by atoms with Crippen LogP contribution in [0.15, 0.2) is 45.2 Å². The Morgan fingerprint density at radius 3 is 2.33 bits per heavy atom. The molecular weight excluding hydrogens is 498 g/mol. The van der Waals surface area contributed by atoms with Crippen LogP contribution in [0.3, 0.4) is 0 Å². The van der Waals surface area contributed by atoms with E-state index in [4.69, 9.17) is 0 Å². The molecule has 10 heteroatoms. The fourth-order valence-corrected chi connectivity index (χ4v) is 6.28. The number of anilines is 1. The van der Waals surface area contributed by atoms with Gasteiger partial charge in [0.25, 0.3) is 5.91 Å². The SMILES string of the molecule is O=C(Nc1ncc(Br)s1)/C(=C/C1C[C@@H](F)[C@@H](F)C1)c1ccc(S(=O)(=O)C2CC2)cc1. The number of amides is 1. The first-order chi connectivity index (χ1) is 14.2. The average Bonchev–Trinajstić information content (AvgIpc) is 3.42. The molecule has 0 radical (unpaired) electrons. The van der Waals surface area contributed by atoms with Crippen LogP contribution in [0.5, 0.6) is 0 Å². The number of carbonyl (C=O) groups excluding carboxylic acids is 1. The van der Waals surface area contributed by atoms with Crippen molar-refractivity contribution < 1.29 is 22.0 Å². The monoisotopic (exact) mass is 516 g/mol. The number of alkyl halides is 2. The zero-order valence-corrected chi connectivity index (χ0v) is 18.9. The van der Waals surface area contributed by atoms with Crippen LogP contribution in [0.1, 0.15) is 31.2 Å². The summed E-state index contributed by atoms with van der Waals surface area (Å²) in [7, 11) is -3.34. The van der Waals surface area contributed by atoms with Gasteiger partial charge in [-0.1, -0.05) is 29.5 Å². The number of halogens is 3. The molecule has 5 nitrogen and oxygen atoms in total. The third kappa shape index (κ3) is 4.65. The Kier molecular flexibility index (Phi) is 6.09. The minimum Gasteiger partial charge on any atom is -0.298 e. The molecule has 0 aliphatic heterocycles. The van der Waals surface area contributed by atoms with Gasteiger partial charge in [-0.25, -0.2) is 22.2 Å². The summed E-state index contributed by atoms with van der Waals surface area (Å²) < 4.78 is 52.9. The van der Waals surface area contributed by atoms with Crippen LogP contribution in [-0.4, -0.2) is 36.9 Å². The molecule has 1 heterocycles. The number of aromatic nitrogens is 1. The van der Waals surface area contributed by atoms with Gasteiger partial charge in [-0.2, -0.15) is 0 Å². The first-order valence-corrected chi connectivity index (χ1v) is 12.7. The predicted molar refractivity (Wildman–Crippen MR) is 116 cm³/mol. The van der Waals surface area contributed by atoms with E-state index in [1.165, 1.54) is 23.5 Å². The van der Waals surface area contributed by atoms with E-state index >= 15 is 0 Å². The smallest absolute Gasteiger partial charge is 0.257 e. The third-order valence-corrected chi connectivity index (χ3v) is 8.92. The lowest BCUT2D eigenvalue weighted by atomic mass is 9.98. The normalized spacial score (nSPS) is 24.8. The summed E-state index contributed by atoms with van der Waals surface area (Å²) in [5, 5.41) is 2.75. The molecule has 0 saturated heterocycles. The molecule has 0 bridgehead atoms. The highest BCUT2D eigenvalue weighted by molar-refractivity contribution is 9.11. The highest BCUT2D eigenvalue weighted by Gasteiger charge is 2.37. The maximum Gasteiger partial charge on any atom is 0.257 e. The summed E-state index contributed by atoms with van der Waals surface area (Å²) in [6.45, 7) is 0. The lowest BCUT2D eigenvalue weighted by molar-refractivity contribution is -0.111. The maximum absolute atomic E-state index is 13.7. The molecule has 2 fully saturated rings. The number of nitrogens with one attached hydrogen (secondary N) is 1.